The molecule has 0 saturated carbocycles. The number of unbranched alkanes of at least 4 members (excludes halogenated alkanes) is 1. The number of hydrogen-bond donors (Lipinski definition) is 0. The van der Waals surface area contributed by atoms with E-state index in [2.05, 4.69) is 6.92 Å². The summed E-state index contributed by atoms with van der Waals surface area (Å²) in [5, 5.41) is 0. The minimum absolute atomic E-state index is 0.667. The van der Waals surface area contributed by atoms with E-state index < -0.39 is 0 Å². The van der Waals surface area contributed by atoms with Crippen LogP contribution in [-0.2, 0) is 4.74 Å². The van der Waals surface area contributed by atoms with E-state index in [4.69, 9.17) is 9.15 Å². The van der Waals surface area contributed by atoms with E-state index in [1.165, 1.54) is 6.42 Å². The van der Waals surface area contributed by atoms with Crippen molar-refractivity contribution in [1.29, 1.82) is 0 Å². The maximum Gasteiger partial charge on any atom is 0.126 e. The molecular formula is C11H16O2. The zero-order chi connectivity index (χ0) is 9.36. The molecule has 1 rings (SSSR count). The van der Waals surface area contributed by atoms with Crippen molar-refractivity contribution >= 4 is 6.08 Å². The van der Waals surface area contributed by atoms with E-state index in [0.29, 0.717) is 6.61 Å². The predicted octanol–water partition coefficient (Wildman–Crippen LogP) is 3.11. The molecule has 1 heterocycles. The summed E-state index contributed by atoms with van der Waals surface area (Å²) < 4.78 is 10.5. The highest BCUT2D eigenvalue weighted by molar-refractivity contribution is 5.41. The largest absolute Gasteiger partial charge is 0.465 e. The van der Waals surface area contributed by atoms with Gasteiger partial charge >= 0.3 is 0 Å². The van der Waals surface area contributed by atoms with Gasteiger partial charge in [-0.3, -0.25) is 0 Å². The van der Waals surface area contributed by atoms with Crippen molar-refractivity contribution in [3.8, 4) is 0 Å². The van der Waals surface area contributed by atoms with Crippen molar-refractivity contribution in [2.24, 2.45) is 0 Å². The van der Waals surface area contributed by atoms with Gasteiger partial charge in [-0.15, -0.1) is 0 Å². The molecule has 1 aromatic heterocycles. The summed E-state index contributed by atoms with van der Waals surface area (Å²) in [6, 6.07) is 3.79. The van der Waals surface area contributed by atoms with Crippen molar-refractivity contribution in [2.45, 2.75) is 19.8 Å². The third-order valence-electron chi connectivity index (χ3n) is 1.68. The van der Waals surface area contributed by atoms with Crippen LogP contribution < -0.4 is 0 Å². The summed E-state index contributed by atoms with van der Waals surface area (Å²) in [7, 11) is 0. The van der Waals surface area contributed by atoms with Crippen LogP contribution in [0.15, 0.2) is 28.9 Å². The molecule has 0 unspecified atom stereocenters. The molecule has 0 N–H and O–H groups in total. The Balaban J connectivity index is 2.05. The average Bonchev–Trinajstić information content (AvgIpc) is 2.63. The van der Waals surface area contributed by atoms with Crippen LogP contribution in [0.5, 0.6) is 0 Å². The molecule has 0 radical (unpaired) electrons. The van der Waals surface area contributed by atoms with E-state index in [9.17, 15) is 0 Å². The zero-order valence-corrected chi connectivity index (χ0v) is 8.03. The molecule has 0 aliphatic heterocycles. The Hall–Kier alpha value is -1.02. The van der Waals surface area contributed by atoms with Gasteiger partial charge in [-0.25, -0.2) is 0 Å². The van der Waals surface area contributed by atoms with Gasteiger partial charge in [-0.05, 0) is 24.6 Å². The molecule has 0 aliphatic carbocycles. The molecule has 0 aromatic carbocycles. The molecule has 13 heavy (non-hydrogen) atoms. The van der Waals surface area contributed by atoms with Crippen molar-refractivity contribution < 1.29 is 9.15 Å². The molecule has 0 amide bonds. The molecule has 0 atom stereocenters. The van der Waals surface area contributed by atoms with Crippen LogP contribution in [0.25, 0.3) is 6.08 Å². The summed E-state index contributed by atoms with van der Waals surface area (Å²) in [6.45, 7) is 3.67. The second kappa shape index (κ2) is 6.49. The maximum absolute atomic E-state index is 5.34. The molecule has 0 saturated heterocycles. The van der Waals surface area contributed by atoms with Gasteiger partial charge in [-0.2, -0.15) is 0 Å². The number of hydrogen-bond acceptors (Lipinski definition) is 2. The summed E-state index contributed by atoms with van der Waals surface area (Å²) in [4.78, 5) is 0. The quantitative estimate of drug-likeness (QED) is 0.627. The van der Waals surface area contributed by atoms with E-state index >= 15 is 0 Å². The Kier molecular flexibility index (Phi) is 5.02. The zero-order valence-electron chi connectivity index (χ0n) is 8.03. The first-order valence-corrected chi connectivity index (χ1v) is 4.71. The molecule has 0 bridgehead atoms. The Labute approximate surface area is 79.2 Å². The Morgan fingerprint density at radius 2 is 2.46 bits per heavy atom. The number of furan rings is 1. The Bertz CT molecular complexity index is 224. The molecule has 72 valence electrons. The van der Waals surface area contributed by atoms with E-state index in [1.54, 1.807) is 6.26 Å². The minimum atomic E-state index is 0.667. The highest BCUT2D eigenvalue weighted by Gasteiger charge is 1.86. The minimum Gasteiger partial charge on any atom is -0.465 e. The van der Waals surface area contributed by atoms with Crippen molar-refractivity contribution in [3.63, 3.8) is 0 Å². The van der Waals surface area contributed by atoms with Crippen LogP contribution in [0.4, 0.5) is 0 Å². The molecule has 0 aliphatic rings. The van der Waals surface area contributed by atoms with E-state index in [0.717, 1.165) is 18.8 Å². The molecule has 0 fully saturated rings. The lowest BCUT2D eigenvalue weighted by molar-refractivity contribution is 0.159. The second-order valence-electron chi connectivity index (χ2n) is 2.85. The second-order valence-corrected chi connectivity index (χ2v) is 2.85. The van der Waals surface area contributed by atoms with Gasteiger partial charge in [0.2, 0.25) is 0 Å². The van der Waals surface area contributed by atoms with Crippen LogP contribution in [0, 0.1) is 0 Å². The molecule has 2 heteroatoms. The third kappa shape index (κ3) is 4.53. The maximum atomic E-state index is 5.34. The van der Waals surface area contributed by atoms with Gasteiger partial charge in [-0.1, -0.05) is 19.4 Å². The van der Waals surface area contributed by atoms with Gasteiger partial charge in [0.1, 0.15) is 5.76 Å². The SMILES string of the molecule is CCCCOCC=Cc1ccco1. The van der Waals surface area contributed by atoms with Crippen molar-refractivity contribution in [2.75, 3.05) is 13.2 Å². The normalized spacial score (nSPS) is 11.2. The highest BCUT2D eigenvalue weighted by atomic mass is 16.5. The average molecular weight is 180 g/mol. The lowest BCUT2D eigenvalue weighted by atomic mass is 10.4. The van der Waals surface area contributed by atoms with Crippen molar-refractivity contribution in [1.82, 2.24) is 0 Å². The fourth-order valence-electron chi connectivity index (χ4n) is 0.948. The van der Waals surface area contributed by atoms with Crippen LogP contribution in [-0.4, -0.2) is 13.2 Å². The van der Waals surface area contributed by atoms with Gasteiger partial charge in [0.05, 0.1) is 12.9 Å². The third-order valence-corrected chi connectivity index (χ3v) is 1.68. The molecule has 2 nitrogen and oxygen atoms in total. The van der Waals surface area contributed by atoms with Gasteiger partial charge < -0.3 is 9.15 Å². The number of rotatable bonds is 6. The van der Waals surface area contributed by atoms with Crippen LogP contribution in [0.3, 0.4) is 0 Å². The van der Waals surface area contributed by atoms with Gasteiger partial charge in [0.15, 0.2) is 0 Å². The van der Waals surface area contributed by atoms with Gasteiger partial charge in [0.25, 0.3) is 0 Å². The first-order chi connectivity index (χ1) is 6.43. The standard InChI is InChI=1S/C11H16O2/c1-2-3-8-12-9-4-6-11-7-5-10-13-11/h4-7,10H,2-3,8-9H2,1H3. The fraction of sp³-hybridized carbons (Fsp3) is 0.455. The summed E-state index contributed by atoms with van der Waals surface area (Å²) in [5.74, 6) is 0.874. The molecule has 1 aromatic rings. The lowest BCUT2D eigenvalue weighted by Crippen LogP contribution is -1.92. The van der Waals surface area contributed by atoms with Crippen molar-refractivity contribution in [3.05, 3.63) is 30.2 Å². The topological polar surface area (TPSA) is 22.4 Å². The summed E-state index contributed by atoms with van der Waals surface area (Å²) >= 11 is 0. The number of ether oxygens (including phenoxy) is 1. The smallest absolute Gasteiger partial charge is 0.126 e. The van der Waals surface area contributed by atoms with Crippen LogP contribution >= 0.6 is 0 Å². The summed E-state index contributed by atoms with van der Waals surface area (Å²) in [5.41, 5.74) is 0. The Morgan fingerprint density at radius 3 is 3.15 bits per heavy atom. The van der Waals surface area contributed by atoms with E-state index in [1.807, 2.05) is 24.3 Å². The van der Waals surface area contributed by atoms with Crippen LogP contribution in [0.2, 0.25) is 0 Å². The fourth-order valence-corrected chi connectivity index (χ4v) is 0.948. The monoisotopic (exact) mass is 180 g/mol. The Morgan fingerprint density at radius 1 is 1.54 bits per heavy atom. The molecular weight excluding hydrogens is 164 g/mol. The predicted molar refractivity (Wildman–Crippen MR) is 53.5 cm³/mol. The first kappa shape index (κ1) is 10.1. The van der Waals surface area contributed by atoms with Crippen LogP contribution in [0.1, 0.15) is 25.5 Å². The summed E-state index contributed by atoms with van der Waals surface area (Å²) in [6.07, 6.45) is 7.87. The first-order valence-electron chi connectivity index (χ1n) is 4.71. The highest BCUT2D eigenvalue weighted by Crippen LogP contribution is 2.01. The molecule has 0 spiro atoms. The lowest BCUT2D eigenvalue weighted by Gasteiger charge is -1.96. The van der Waals surface area contributed by atoms with Gasteiger partial charge in [0, 0.05) is 6.61 Å². The van der Waals surface area contributed by atoms with E-state index in [-0.39, 0.29) is 0 Å².